The summed E-state index contributed by atoms with van der Waals surface area (Å²) in [7, 11) is 0. The van der Waals surface area contributed by atoms with Gasteiger partial charge >= 0.3 is 0 Å². The van der Waals surface area contributed by atoms with Crippen LogP contribution in [-0.2, 0) is 6.42 Å². The second kappa shape index (κ2) is 5.19. The molecule has 4 nitrogen and oxygen atoms in total. The summed E-state index contributed by atoms with van der Waals surface area (Å²) >= 11 is 0. The van der Waals surface area contributed by atoms with Gasteiger partial charge in [-0.1, -0.05) is 18.2 Å². The van der Waals surface area contributed by atoms with E-state index < -0.39 is 0 Å². The van der Waals surface area contributed by atoms with Gasteiger partial charge in [-0.25, -0.2) is 5.84 Å². The van der Waals surface area contributed by atoms with Crippen molar-refractivity contribution in [2.75, 3.05) is 6.61 Å². The van der Waals surface area contributed by atoms with Gasteiger partial charge in [0, 0.05) is 6.04 Å². The van der Waals surface area contributed by atoms with Crippen molar-refractivity contribution in [1.82, 2.24) is 5.43 Å². The van der Waals surface area contributed by atoms with Gasteiger partial charge in [0.1, 0.15) is 11.6 Å². The molecule has 2 rings (SSSR count). The molecule has 1 aliphatic heterocycles. The molecule has 1 heterocycles. The molecule has 4 heteroatoms. The Morgan fingerprint density at radius 1 is 1.47 bits per heavy atom. The van der Waals surface area contributed by atoms with Crippen LogP contribution in [0.1, 0.15) is 19.4 Å². The number of nitrogens with one attached hydrogen (secondary N) is 1. The fourth-order valence-corrected chi connectivity index (χ4v) is 2.04. The maximum absolute atomic E-state index is 5.72. The molecule has 0 fully saturated rings. The van der Waals surface area contributed by atoms with E-state index in [0.717, 1.165) is 18.0 Å². The third kappa shape index (κ3) is 2.77. The molecular formula is C13H19N3O. The highest BCUT2D eigenvalue weighted by atomic mass is 16.5. The Morgan fingerprint density at radius 2 is 2.24 bits per heavy atom. The van der Waals surface area contributed by atoms with Gasteiger partial charge in [0.2, 0.25) is 0 Å². The van der Waals surface area contributed by atoms with E-state index in [9.17, 15) is 0 Å². The second-order valence-electron chi connectivity index (χ2n) is 4.57. The standard InChI is InChI=1S/C13H19N3O/c1-9(2)15-13(16-14)11-7-10-5-3-4-6-12(10)17-8-11/h3-6,9,11H,7-8,14H2,1-2H3,(H,15,16). The molecule has 92 valence electrons. The normalized spacial score (nSPS) is 19.8. The second-order valence-corrected chi connectivity index (χ2v) is 4.57. The minimum atomic E-state index is 0.220. The first kappa shape index (κ1) is 11.9. The van der Waals surface area contributed by atoms with E-state index in [4.69, 9.17) is 10.6 Å². The van der Waals surface area contributed by atoms with Crippen LogP contribution in [0.2, 0.25) is 0 Å². The lowest BCUT2D eigenvalue weighted by Gasteiger charge is -2.26. The van der Waals surface area contributed by atoms with Crippen LogP contribution in [0.4, 0.5) is 0 Å². The molecule has 0 aliphatic carbocycles. The summed E-state index contributed by atoms with van der Waals surface area (Å²) in [5, 5.41) is 0. The van der Waals surface area contributed by atoms with Crippen molar-refractivity contribution in [1.29, 1.82) is 0 Å². The third-order valence-electron chi connectivity index (χ3n) is 2.81. The first-order valence-corrected chi connectivity index (χ1v) is 5.95. The molecule has 0 saturated carbocycles. The summed E-state index contributed by atoms with van der Waals surface area (Å²) < 4.78 is 5.72. The average Bonchev–Trinajstić information content (AvgIpc) is 2.35. The largest absolute Gasteiger partial charge is 0.493 e. The lowest BCUT2D eigenvalue weighted by atomic mass is 9.95. The van der Waals surface area contributed by atoms with Crippen molar-refractivity contribution in [3.05, 3.63) is 29.8 Å². The minimum Gasteiger partial charge on any atom is -0.493 e. The number of hydrogen-bond acceptors (Lipinski definition) is 3. The van der Waals surface area contributed by atoms with Crippen molar-refractivity contribution in [3.63, 3.8) is 0 Å². The number of rotatable bonds is 2. The van der Waals surface area contributed by atoms with Gasteiger partial charge in [0.05, 0.1) is 12.5 Å². The highest BCUT2D eigenvalue weighted by molar-refractivity contribution is 5.85. The van der Waals surface area contributed by atoms with Crippen LogP contribution in [0.15, 0.2) is 29.3 Å². The molecule has 17 heavy (non-hydrogen) atoms. The van der Waals surface area contributed by atoms with Crippen LogP contribution in [0, 0.1) is 5.92 Å². The highest BCUT2D eigenvalue weighted by Crippen LogP contribution is 2.27. The van der Waals surface area contributed by atoms with E-state index in [1.807, 2.05) is 32.0 Å². The van der Waals surface area contributed by atoms with E-state index in [2.05, 4.69) is 16.5 Å². The first-order valence-electron chi connectivity index (χ1n) is 5.95. The van der Waals surface area contributed by atoms with E-state index in [0.29, 0.717) is 6.61 Å². The van der Waals surface area contributed by atoms with Crippen LogP contribution in [-0.4, -0.2) is 18.5 Å². The predicted molar refractivity (Wildman–Crippen MR) is 69.0 cm³/mol. The summed E-state index contributed by atoms with van der Waals surface area (Å²) in [5.41, 5.74) is 3.92. The quantitative estimate of drug-likeness (QED) is 0.352. The number of amidine groups is 1. The molecule has 1 unspecified atom stereocenters. The number of hydrazine groups is 1. The molecule has 1 atom stereocenters. The summed E-state index contributed by atoms with van der Waals surface area (Å²) in [6, 6.07) is 8.34. The molecule has 0 radical (unpaired) electrons. The van der Waals surface area contributed by atoms with E-state index in [1.165, 1.54) is 5.56 Å². The lowest BCUT2D eigenvalue weighted by Crippen LogP contribution is -2.41. The number of fused-ring (bicyclic) bond motifs is 1. The average molecular weight is 233 g/mol. The summed E-state index contributed by atoms with van der Waals surface area (Å²) in [5.74, 6) is 7.56. The van der Waals surface area contributed by atoms with Crippen LogP contribution < -0.4 is 16.0 Å². The molecule has 1 aliphatic rings. The number of nitrogens with zero attached hydrogens (tertiary/aromatic N) is 1. The van der Waals surface area contributed by atoms with Crippen molar-refractivity contribution < 1.29 is 4.74 Å². The molecule has 0 spiro atoms. The molecule has 3 N–H and O–H groups in total. The first-order chi connectivity index (χ1) is 8.20. The predicted octanol–water partition coefficient (Wildman–Crippen LogP) is 1.51. The maximum Gasteiger partial charge on any atom is 0.122 e. The van der Waals surface area contributed by atoms with Crippen molar-refractivity contribution in [2.45, 2.75) is 26.3 Å². The van der Waals surface area contributed by atoms with Gasteiger partial charge in [-0.2, -0.15) is 0 Å². The lowest BCUT2D eigenvalue weighted by molar-refractivity contribution is 0.256. The van der Waals surface area contributed by atoms with Gasteiger partial charge in [-0.15, -0.1) is 0 Å². The number of benzene rings is 1. The Bertz CT molecular complexity index is 415. The van der Waals surface area contributed by atoms with Gasteiger partial charge in [0.25, 0.3) is 0 Å². The molecular weight excluding hydrogens is 214 g/mol. The van der Waals surface area contributed by atoms with E-state index in [-0.39, 0.29) is 12.0 Å². The van der Waals surface area contributed by atoms with E-state index in [1.54, 1.807) is 0 Å². The van der Waals surface area contributed by atoms with Crippen molar-refractivity contribution in [2.24, 2.45) is 16.8 Å². The fraction of sp³-hybridized carbons (Fsp3) is 0.462. The zero-order chi connectivity index (χ0) is 12.3. The van der Waals surface area contributed by atoms with Crippen LogP contribution in [0.5, 0.6) is 5.75 Å². The molecule has 1 aromatic rings. The molecule has 0 bridgehead atoms. The van der Waals surface area contributed by atoms with Crippen LogP contribution in [0.25, 0.3) is 0 Å². The Morgan fingerprint density at radius 3 is 2.94 bits per heavy atom. The SMILES string of the molecule is CC(C)N=C(NN)C1COc2ccccc2C1. The number of aliphatic imine (C=N–C) groups is 1. The van der Waals surface area contributed by atoms with Gasteiger partial charge in [-0.3, -0.25) is 4.99 Å². The number of ether oxygens (including phenoxy) is 1. The molecule has 0 saturated heterocycles. The third-order valence-corrected chi connectivity index (χ3v) is 2.81. The summed E-state index contributed by atoms with van der Waals surface area (Å²) in [6.45, 7) is 4.71. The monoisotopic (exact) mass is 233 g/mol. The Labute approximate surface area is 102 Å². The van der Waals surface area contributed by atoms with Gasteiger partial charge in [-0.05, 0) is 31.9 Å². The number of para-hydroxylation sites is 1. The maximum atomic E-state index is 5.72. The smallest absolute Gasteiger partial charge is 0.122 e. The zero-order valence-electron chi connectivity index (χ0n) is 10.3. The Hall–Kier alpha value is -1.55. The summed E-state index contributed by atoms with van der Waals surface area (Å²) in [6.07, 6.45) is 0.923. The Kier molecular flexibility index (Phi) is 3.64. The van der Waals surface area contributed by atoms with Crippen molar-refractivity contribution >= 4 is 5.84 Å². The highest BCUT2D eigenvalue weighted by Gasteiger charge is 2.23. The summed E-state index contributed by atoms with van der Waals surface area (Å²) in [4.78, 5) is 4.49. The van der Waals surface area contributed by atoms with Crippen LogP contribution >= 0.6 is 0 Å². The minimum absolute atomic E-state index is 0.220. The topological polar surface area (TPSA) is 59.6 Å². The number of nitrogens with two attached hydrogens (primary N) is 1. The molecule has 1 aromatic carbocycles. The number of hydrogen-bond donors (Lipinski definition) is 2. The van der Waals surface area contributed by atoms with E-state index >= 15 is 0 Å². The molecule has 0 aromatic heterocycles. The van der Waals surface area contributed by atoms with Crippen molar-refractivity contribution in [3.8, 4) is 5.75 Å². The Balaban J connectivity index is 2.16. The molecule has 0 amide bonds. The zero-order valence-corrected chi connectivity index (χ0v) is 10.3. The fourth-order valence-electron chi connectivity index (χ4n) is 2.04. The van der Waals surface area contributed by atoms with Gasteiger partial charge < -0.3 is 10.2 Å². The van der Waals surface area contributed by atoms with Gasteiger partial charge in [0.15, 0.2) is 0 Å². The van der Waals surface area contributed by atoms with Crippen LogP contribution in [0.3, 0.4) is 0 Å².